The maximum absolute atomic E-state index is 11.5. The number of ether oxygens (including phenoxy) is 1. The lowest BCUT2D eigenvalue weighted by atomic mass is 10.2. The van der Waals surface area contributed by atoms with Crippen LogP contribution in [0.1, 0.15) is 34.1 Å². The second kappa shape index (κ2) is 13.7. The van der Waals surface area contributed by atoms with Crippen molar-refractivity contribution < 1.29 is 36.9 Å². The van der Waals surface area contributed by atoms with E-state index >= 15 is 0 Å². The zero-order chi connectivity index (χ0) is 24.4. The number of nitrogens with one attached hydrogen (secondary N) is 1. The average molecular weight is 523 g/mol. The molecular formula is C16H39NO8P3Si2+. The highest BCUT2D eigenvalue weighted by Gasteiger charge is 2.55. The van der Waals surface area contributed by atoms with E-state index in [-0.39, 0.29) is 26.7 Å². The quantitative estimate of drug-likeness (QED) is 0.299. The van der Waals surface area contributed by atoms with Crippen molar-refractivity contribution >= 4 is 48.5 Å². The van der Waals surface area contributed by atoms with Gasteiger partial charge in [-0.2, -0.15) is 4.89 Å². The molecule has 1 amide bonds. The first-order chi connectivity index (χ1) is 13.2. The van der Waals surface area contributed by atoms with Gasteiger partial charge in [0.05, 0.1) is 0 Å². The molecule has 0 saturated heterocycles. The number of hydrogen-bond donors (Lipinski definition) is 3. The van der Waals surface area contributed by atoms with Gasteiger partial charge in [-0.1, -0.05) is 0 Å². The summed E-state index contributed by atoms with van der Waals surface area (Å²) < 4.78 is 35.4. The molecule has 0 aromatic carbocycles. The maximum Gasteiger partial charge on any atom is 0.505 e. The molecule has 0 radical (unpaired) electrons. The topological polar surface area (TPSA) is 131 Å². The number of carbonyl (C=O) groups excluding carboxylic acids is 1. The van der Waals surface area contributed by atoms with Gasteiger partial charge >= 0.3 is 22.8 Å². The van der Waals surface area contributed by atoms with Gasteiger partial charge in [-0.05, 0) is 78.0 Å². The average Bonchev–Trinajstić information content (AvgIpc) is 3.02. The van der Waals surface area contributed by atoms with Crippen LogP contribution in [0.2, 0.25) is 39.3 Å². The molecule has 14 heteroatoms. The van der Waals surface area contributed by atoms with Crippen molar-refractivity contribution in [1.29, 1.82) is 0 Å². The lowest BCUT2D eigenvalue weighted by Crippen LogP contribution is -2.40. The zero-order valence-electron chi connectivity index (χ0n) is 19.7. The first-order valence-electron chi connectivity index (χ1n) is 9.47. The third kappa shape index (κ3) is 21.4. The molecule has 1 saturated carbocycles. The van der Waals surface area contributed by atoms with Gasteiger partial charge in [0.15, 0.2) is 22.8 Å². The van der Waals surface area contributed by atoms with Crippen LogP contribution in [-0.2, 0) is 22.3 Å². The molecule has 178 valence electrons. The van der Waals surface area contributed by atoms with E-state index in [2.05, 4.69) is 44.6 Å². The Morgan fingerprint density at radius 1 is 1.20 bits per heavy atom. The molecule has 1 unspecified atom stereocenters. The maximum atomic E-state index is 11.5. The van der Waals surface area contributed by atoms with Gasteiger partial charge in [0.1, 0.15) is 14.6 Å². The van der Waals surface area contributed by atoms with E-state index in [1.165, 1.54) is 0 Å². The Morgan fingerprint density at radius 3 is 1.90 bits per heavy atom. The van der Waals surface area contributed by atoms with E-state index in [0.717, 1.165) is 6.42 Å². The zero-order valence-corrected chi connectivity index (χ0v) is 24.5. The summed E-state index contributed by atoms with van der Waals surface area (Å²) in [6.45, 7) is 20.3. The highest BCUT2D eigenvalue weighted by Crippen LogP contribution is 2.47. The van der Waals surface area contributed by atoms with Crippen LogP contribution in [0.3, 0.4) is 0 Å². The molecular weight excluding hydrogens is 483 g/mol. The highest BCUT2D eigenvalue weighted by atomic mass is 31.1. The van der Waals surface area contributed by atoms with E-state index in [1.807, 2.05) is 6.92 Å². The van der Waals surface area contributed by atoms with Gasteiger partial charge in [-0.25, -0.2) is 9.36 Å². The number of amides is 1. The smallest absolute Gasteiger partial charge is 0.444 e. The van der Waals surface area contributed by atoms with Gasteiger partial charge in [0.2, 0.25) is 0 Å². The number of carbonyl (C=O) groups is 1. The Labute approximate surface area is 187 Å². The van der Waals surface area contributed by atoms with E-state index in [0.29, 0.717) is 0 Å². The first-order valence-corrected chi connectivity index (χ1v) is 19.3. The van der Waals surface area contributed by atoms with Crippen molar-refractivity contribution in [3.05, 3.63) is 0 Å². The Hall–Kier alpha value is 0.174. The van der Waals surface area contributed by atoms with E-state index in [1.54, 1.807) is 20.8 Å². The van der Waals surface area contributed by atoms with Crippen LogP contribution in [0.5, 0.6) is 0 Å². The molecule has 0 spiro atoms. The van der Waals surface area contributed by atoms with E-state index in [9.17, 15) is 9.36 Å². The largest absolute Gasteiger partial charge is 0.505 e. The second-order valence-electron chi connectivity index (χ2n) is 10.1. The fourth-order valence-electron chi connectivity index (χ4n) is 1.87. The molecule has 30 heavy (non-hydrogen) atoms. The second-order valence-corrected chi connectivity index (χ2v) is 21.6. The van der Waals surface area contributed by atoms with E-state index in [4.69, 9.17) is 27.5 Å². The van der Waals surface area contributed by atoms with Gasteiger partial charge < -0.3 is 23.4 Å². The fraction of sp³-hybridized carbons (Fsp3) is 0.938. The van der Waals surface area contributed by atoms with Crippen molar-refractivity contribution in [3.63, 3.8) is 0 Å². The molecule has 0 aromatic rings. The van der Waals surface area contributed by atoms with Crippen LogP contribution >= 0.6 is 25.7 Å². The molecule has 3 N–H and O–H groups in total. The molecule has 0 heterocycles. The molecule has 0 aromatic heterocycles. The normalized spacial score (nSPS) is 21.5. The monoisotopic (exact) mass is 522 g/mol. The first kappa shape index (κ1) is 32.4. The number of rotatable bonds is 7. The minimum absolute atomic E-state index is 0.0774. The third-order valence-electron chi connectivity index (χ3n) is 3.27. The SMILES string of the molecule is CC(C)(C)OC(=O)N[C@@]1(C)C[C@H]1C[P+](=O)O.C[Si](C)(C)OPO[Si](C)(C)C.O=PO. The van der Waals surface area contributed by atoms with Gasteiger partial charge in [0, 0.05) is 11.5 Å². The van der Waals surface area contributed by atoms with Crippen LogP contribution in [0.15, 0.2) is 0 Å². The summed E-state index contributed by atoms with van der Waals surface area (Å²) in [5, 5.41) is 2.74. The van der Waals surface area contributed by atoms with Crippen LogP contribution in [0.25, 0.3) is 0 Å². The standard InChI is InChI=1S/C10H18NO4P.C6H19O2PSi2.HO2P/c1-9(2,3)15-8(12)11-10(4)5-7(10)6-16(13)14;1-10(2,3)7-9-8-11(4,5)6;1-3-2/h7H,5-6H2,1-4H3,(H-,11,12,13,14);9H,1-6H3;(H,1,2)/p+1/t7-,10-;;/m0../s1. The molecule has 3 atom stereocenters. The Bertz CT molecular complexity index is 550. The van der Waals surface area contributed by atoms with Crippen molar-refractivity contribution in [1.82, 2.24) is 5.32 Å². The van der Waals surface area contributed by atoms with Crippen molar-refractivity contribution in [3.8, 4) is 0 Å². The van der Waals surface area contributed by atoms with Crippen LogP contribution < -0.4 is 5.32 Å². The fourth-order valence-corrected chi connectivity index (χ4v) is 5.32. The Balaban J connectivity index is 0. The van der Waals surface area contributed by atoms with Crippen molar-refractivity contribution in [2.75, 3.05) is 6.16 Å². The third-order valence-corrected chi connectivity index (χ3v) is 9.59. The summed E-state index contributed by atoms with van der Waals surface area (Å²) in [5.74, 6) is 0.0774. The minimum Gasteiger partial charge on any atom is -0.444 e. The summed E-state index contributed by atoms with van der Waals surface area (Å²) in [5.41, 5.74) is -0.900. The lowest BCUT2D eigenvalue weighted by Gasteiger charge is -2.22. The predicted molar refractivity (Wildman–Crippen MR) is 128 cm³/mol. The number of alkyl carbamates (subject to hydrolysis) is 1. The summed E-state index contributed by atoms with van der Waals surface area (Å²) >= 11 is 0. The molecule has 1 rings (SSSR count). The minimum atomic E-state index is -2.13. The van der Waals surface area contributed by atoms with Crippen LogP contribution in [0, 0.1) is 5.92 Å². The highest BCUT2D eigenvalue weighted by molar-refractivity contribution is 7.38. The van der Waals surface area contributed by atoms with Gasteiger partial charge in [-0.15, -0.1) is 0 Å². The van der Waals surface area contributed by atoms with Crippen LogP contribution in [-0.4, -0.2) is 49.8 Å². The number of hydrogen-bond acceptors (Lipinski definition) is 6. The summed E-state index contributed by atoms with van der Waals surface area (Å²) in [6.07, 6.45) is 0.501. The summed E-state index contributed by atoms with van der Waals surface area (Å²) in [6, 6.07) is 0. The van der Waals surface area contributed by atoms with Gasteiger partial charge in [-0.3, -0.25) is 0 Å². The van der Waals surface area contributed by atoms with E-state index < -0.39 is 45.0 Å². The molecule has 1 aliphatic rings. The molecule has 1 fully saturated rings. The van der Waals surface area contributed by atoms with Gasteiger partial charge in [0.25, 0.3) is 0 Å². The summed E-state index contributed by atoms with van der Waals surface area (Å²) in [4.78, 5) is 27.2. The molecule has 9 nitrogen and oxygen atoms in total. The Kier molecular flexibility index (Phi) is 14.7. The van der Waals surface area contributed by atoms with Crippen LogP contribution in [0.4, 0.5) is 4.79 Å². The van der Waals surface area contributed by atoms with Crippen molar-refractivity contribution in [2.45, 2.75) is 84.5 Å². The molecule has 0 bridgehead atoms. The molecule has 0 aliphatic heterocycles. The summed E-state index contributed by atoms with van der Waals surface area (Å²) in [7, 11) is -5.40. The van der Waals surface area contributed by atoms with Crippen molar-refractivity contribution in [2.24, 2.45) is 5.92 Å². The predicted octanol–water partition coefficient (Wildman–Crippen LogP) is 5.41. The molecule has 1 aliphatic carbocycles. The lowest BCUT2D eigenvalue weighted by molar-refractivity contribution is 0.0497. The Morgan fingerprint density at radius 2 is 1.60 bits per heavy atom.